The maximum absolute atomic E-state index is 11.8. The van der Waals surface area contributed by atoms with Crippen LogP contribution in [-0.2, 0) is 0 Å². The van der Waals surface area contributed by atoms with E-state index in [1.54, 1.807) is 6.07 Å². The molecule has 0 aliphatic heterocycles. The third kappa shape index (κ3) is 2.47. The van der Waals surface area contributed by atoms with E-state index in [-0.39, 0.29) is 5.91 Å². The first-order chi connectivity index (χ1) is 8.08. The lowest BCUT2D eigenvalue weighted by Gasteiger charge is -2.10. The zero-order valence-corrected chi connectivity index (χ0v) is 10.3. The number of H-pyrrole nitrogens is 1. The van der Waals surface area contributed by atoms with Crippen LogP contribution in [0.25, 0.3) is 0 Å². The molecular formula is C12H12ClN3O. The van der Waals surface area contributed by atoms with Crippen molar-refractivity contribution in [1.29, 1.82) is 0 Å². The van der Waals surface area contributed by atoms with Crippen LogP contribution in [0.15, 0.2) is 24.4 Å². The zero-order valence-electron chi connectivity index (χ0n) is 9.54. The van der Waals surface area contributed by atoms with Crippen LogP contribution in [0.5, 0.6) is 0 Å². The minimum absolute atomic E-state index is 0.253. The molecule has 0 aliphatic rings. The first-order valence-electron chi connectivity index (χ1n) is 5.15. The Morgan fingerprint density at radius 3 is 2.76 bits per heavy atom. The quantitative estimate of drug-likeness (QED) is 0.860. The van der Waals surface area contributed by atoms with Crippen molar-refractivity contribution >= 4 is 23.2 Å². The molecule has 2 rings (SSSR count). The number of benzene rings is 1. The highest BCUT2D eigenvalue weighted by Crippen LogP contribution is 2.27. The molecule has 0 fully saturated rings. The topological polar surface area (TPSA) is 57.8 Å². The van der Waals surface area contributed by atoms with Gasteiger partial charge in [-0.2, -0.15) is 5.10 Å². The molecule has 0 atom stereocenters. The molecule has 1 heterocycles. The van der Waals surface area contributed by atoms with E-state index in [4.69, 9.17) is 11.6 Å². The van der Waals surface area contributed by atoms with E-state index in [9.17, 15) is 4.79 Å². The van der Waals surface area contributed by atoms with Gasteiger partial charge in [-0.1, -0.05) is 17.7 Å². The molecule has 88 valence electrons. The lowest BCUT2D eigenvalue weighted by molar-refractivity contribution is 0.102. The van der Waals surface area contributed by atoms with Crippen LogP contribution in [0.2, 0.25) is 5.02 Å². The summed E-state index contributed by atoms with van der Waals surface area (Å²) < 4.78 is 0. The highest BCUT2D eigenvalue weighted by Gasteiger charge is 2.11. The number of rotatable bonds is 2. The molecule has 4 nitrogen and oxygen atoms in total. The zero-order chi connectivity index (χ0) is 12.4. The number of halogens is 1. The van der Waals surface area contributed by atoms with Crippen molar-refractivity contribution in [3.63, 3.8) is 0 Å². The number of amides is 1. The number of nitrogens with zero attached hydrogens (tertiary/aromatic N) is 1. The summed E-state index contributed by atoms with van der Waals surface area (Å²) in [5, 5.41) is 9.63. The maximum atomic E-state index is 11.8. The predicted octanol–water partition coefficient (Wildman–Crippen LogP) is 2.93. The van der Waals surface area contributed by atoms with Gasteiger partial charge >= 0.3 is 0 Å². The van der Waals surface area contributed by atoms with Crippen LogP contribution >= 0.6 is 11.6 Å². The Bertz CT molecular complexity index is 526. The van der Waals surface area contributed by atoms with Gasteiger partial charge in [0.15, 0.2) is 0 Å². The lowest BCUT2D eigenvalue weighted by Crippen LogP contribution is -2.13. The Kier molecular flexibility index (Phi) is 3.15. The minimum atomic E-state index is -0.253. The second kappa shape index (κ2) is 4.59. The third-order valence-electron chi connectivity index (χ3n) is 2.42. The van der Waals surface area contributed by atoms with Crippen molar-refractivity contribution in [3.05, 3.63) is 46.2 Å². The van der Waals surface area contributed by atoms with Gasteiger partial charge in [0.1, 0.15) is 5.69 Å². The smallest absolute Gasteiger partial charge is 0.273 e. The van der Waals surface area contributed by atoms with Crippen LogP contribution in [0, 0.1) is 13.8 Å². The molecule has 2 aromatic rings. The first-order valence-corrected chi connectivity index (χ1v) is 5.53. The third-order valence-corrected chi connectivity index (χ3v) is 2.71. The van der Waals surface area contributed by atoms with Crippen LogP contribution in [0.3, 0.4) is 0 Å². The van der Waals surface area contributed by atoms with Gasteiger partial charge in [0.05, 0.1) is 10.7 Å². The van der Waals surface area contributed by atoms with Crippen molar-refractivity contribution in [2.45, 2.75) is 13.8 Å². The lowest BCUT2D eigenvalue weighted by atomic mass is 10.1. The van der Waals surface area contributed by atoms with E-state index in [0.29, 0.717) is 16.4 Å². The fraction of sp³-hybridized carbons (Fsp3) is 0.167. The Labute approximate surface area is 104 Å². The second-order valence-corrected chi connectivity index (χ2v) is 4.27. The SMILES string of the molecule is Cc1cc(C)c(NC(=O)c2ccn[nH]2)c(Cl)c1. The number of carbonyl (C=O) groups excluding carboxylic acids is 1. The van der Waals surface area contributed by atoms with Gasteiger partial charge in [-0.15, -0.1) is 0 Å². The molecule has 5 heteroatoms. The molecule has 1 aromatic heterocycles. The van der Waals surface area contributed by atoms with E-state index in [1.807, 2.05) is 26.0 Å². The van der Waals surface area contributed by atoms with Crippen LogP contribution in [0.4, 0.5) is 5.69 Å². The van der Waals surface area contributed by atoms with Crippen LogP contribution < -0.4 is 5.32 Å². The molecule has 0 unspecified atom stereocenters. The number of carbonyl (C=O) groups is 1. The predicted molar refractivity (Wildman–Crippen MR) is 67.5 cm³/mol. The van der Waals surface area contributed by atoms with Gasteiger partial charge < -0.3 is 5.32 Å². The van der Waals surface area contributed by atoms with Crippen molar-refractivity contribution in [2.24, 2.45) is 0 Å². The summed E-state index contributed by atoms with van der Waals surface area (Å²) in [5.74, 6) is -0.253. The van der Waals surface area contributed by atoms with Gasteiger partial charge in [0.25, 0.3) is 5.91 Å². The molecule has 1 amide bonds. The summed E-state index contributed by atoms with van der Waals surface area (Å²) in [5.41, 5.74) is 3.04. The summed E-state index contributed by atoms with van der Waals surface area (Å²) in [4.78, 5) is 11.8. The fourth-order valence-corrected chi connectivity index (χ4v) is 2.01. The average molecular weight is 250 g/mol. The number of aryl methyl sites for hydroxylation is 2. The molecule has 2 N–H and O–H groups in total. The molecule has 0 radical (unpaired) electrons. The maximum Gasteiger partial charge on any atom is 0.273 e. The normalized spacial score (nSPS) is 10.3. The van der Waals surface area contributed by atoms with Gasteiger partial charge in [-0.05, 0) is 37.1 Å². The van der Waals surface area contributed by atoms with Gasteiger partial charge in [0, 0.05) is 6.20 Å². The van der Waals surface area contributed by atoms with Gasteiger partial charge in [-0.3, -0.25) is 9.89 Å². The summed E-state index contributed by atoms with van der Waals surface area (Å²) in [6, 6.07) is 5.39. The van der Waals surface area contributed by atoms with Gasteiger partial charge in [-0.25, -0.2) is 0 Å². The van der Waals surface area contributed by atoms with E-state index in [2.05, 4.69) is 15.5 Å². The van der Waals surface area contributed by atoms with Crippen molar-refractivity contribution in [1.82, 2.24) is 10.2 Å². The summed E-state index contributed by atoms with van der Waals surface area (Å²) in [7, 11) is 0. The number of aromatic amines is 1. The number of hydrogen-bond donors (Lipinski definition) is 2. The molecule has 0 aliphatic carbocycles. The first kappa shape index (κ1) is 11.7. The highest BCUT2D eigenvalue weighted by atomic mass is 35.5. The summed E-state index contributed by atoms with van der Waals surface area (Å²) >= 11 is 6.10. The largest absolute Gasteiger partial charge is 0.319 e. The van der Waals surface area contributed by atoms with Crippen molar-refractivity contribution in [3.8, 4) is 0 Å². The fourth-order valence-electron chi connectivity index (χ4n) is 1.64. The average Bonchev–Trinajstić information content (AvgIpc) is 2.76. The van der Waals surface area contributed by atoms with Gasteiger partial charge in [0.2, 0.25) is 0 Å². The Hall–Kier alpha value is -1.81. The van der Waals surface area contributed by atoms with Crippen molar-refractivity contribution < 1.29 is 4.79 Å². The standard InChI is InChI=1S/C12H12ClN3O/c1-7-5-8(2)11(9(13)6-7)15-12(17)10-3-4-14-16-10/h3-6H,1-2H3,(H,14,16)(H,15,17). The molecule has 0 spiro atoms. The summed E-state index contributed by atoms with van der Waals surface area (Å²) in [6.07, 6.45) is 1.53. The van der Waals surface area contributed by atoms with Crippen LogP contribution in [0.1, 0.15) is 21.6 Å². The number of nitrogens with one attached hydrogen (secondary N) is 2. The molecule has 1 aromatic carbocycles. The number of hydrogen-bond acceptors (Lipinski definition) is 2. The van der Waals surface area contributed by atoms with E-state index < -0.39 is 0 Å². The molecule has 0 bridgehead atoms. The van der Waals surface area contributed by atoms with E-state index >= 15 is 0 Å². The number of anilines is 1. The second-order valence-electron chi connectivity index (χ2n) is 3.86. The van der Waals surface area contributed by atoms with Crippen LogP contribution in [-0.4, -0.2) is 16.1 Å². The molecular weight excluding hydrogens is 238 g/mol. The monoisotopic (exact) mass is 249 g/mol. The highest BCUT2D eigenvalue weighted by molar-refractivity contribution is 6.34. The summed E-state index contributed by atoms with van der Waals surface area (Å²) in [6.45, 7) is 3.86. The molecule has 0 saturated carbocycles. The van der Waals surface area contributed by atoms with Crippen molar-refractivity contribution in [2.75, 3.05) is 5.32 Å². The Morgan fingerprint density at radius 1 is 1.41 bits per heavy atom. The minimum Gasteiger partial charge on any atom is -0.319 e. The Balaban J connectivity index is 2.28. The Morgan fingerprint density at radius 2 is 2.18 bits per heavy atom. The van der Waals surface area contributed by atoms with E-state index in [1.165, 1.54) is 6.20 Å². The van der Waals surface area contributed by atoms with E-state index in [0.717, 1.165) is 11.1 Å². The number of aromatic nitrogens is 2. The molecule has 0 saturated heterocycles. The molecule has 17 heavy (non-hydrogen) atoms.